The van der Waals surface area contributed by atoms with Crippen molar-refractivity contribution in [2.24, 2.45) is 5.92 Å². The molecule has 7 heteroatoms. The van der Waals surface area contributed by atoms with Crippen LogP contribution in [0.1, 0.15) is 48.9 Å². The SMILES string of the molecule is O=C(O)c1cnc(N2CCOCC2)nc1OCCC1CCCCC1. The fourth-order valence-corrected chi connectivity index (χ4v) is 3.33. The topological polar surface area (TPSA) is 84.8 Å². The molecule has 1 aromatic heterocycles. The molecular formula is C17H25N3O4. The second-order valence-corrected chi connectivity index (χ2v) is 6.43. The molecule has 0 aromatic carbocycles. The van der Waals surface area contributed by atoms with E-state index in [2.05, 4.69) is 9.97 Å². The van der Waals surface area contributed by atoms with Crippen LogP contribution >= 0.6 is 0 Å². The lowest BCUT2D eigenvalue weighted by Crippen LogP contribution is -2.37. The lowest BCUT2D eigenvalue weighted by Gasteiger charge is -2.27. The van der Waals surface area contributed by atoms with Crippen LogP contribution in [0, 0.1) is 5.92 Å². The first-order valence-electron chi connectivity index (χ1n) is 8.80. The number of carbonyl (C=O) groups is 1. The summed E-state index contributed by atoms with van der Waals surface area (Å²) in [6.07, 6.45) is 8.71. The Kier molecular flexibility index (Phi) is 5.85. The van der Waals surface area contributed by atoms with Crippen LogP contribution in [0.15, 0.2) is 6.20 Å². The van der Waals surface area contributed by atoms with Gasteiger partial charge in [-0.1, -0.05) is 32.1 Å². The van der Waals surface area contributed by atoms with Gasteiger partial charge in [0.15, 0.2) is 0 Å². The van der Waals surface area contributed by atoms with Crippen molar-refractivity contribution in [1.29, 1.82) is 0 Å². The van der Waals surface area contributed by atoms with Gasteiger partial charge in [0.05, 0.1) is 26.0 Å². The van der Waals surface area contributed by atoms with Crippen LogP contribution in [0.3, 0.4) is 0 Å². The summed E-state index contributed by atoms with van der Waals surface area (Å²) in [6.45, 7) is 3.16. The number of ether oxygens (including phenoxy) is 2. The van der Waals surface area contributed by atoms with Gasteiger partial charge in [-0.05, 0) is 12.3 Å². The first-order chi connectivity index (χ1) is 11.7. The van der Waals surface area contributed by atoms with Gasteiger partial charge in [0.1, 0.15) is 5.56 Å². The first-order valence-corrected chi connectivity index (χ1v) is 8.80. The predicted octanol–water partition coefficient (Wildman–Crippen LogP) is 2.36. The number of rotatable bonds is 6. The van der Waals surface area contributed by atoms with Crippen LogP contribution in [0.5, 0.6) is 5.88 Å². The molecule has 2 aliphatic rings. The smallest absolute Gasteiger partial charge is 0.342 e. The molecule has 0 spiro atoms. The Morgan fingerprint density at radius 2 is 2.04 bits per heavy atom. The van der Waals surface area contributed by atoms with Gasteiger partial charge >= 0.3 is 5.97 Å². The van der Waals surface area contributed by atoms with Gasteiger partial charge in [0.2, 0.25) is 11.8 Å². The van der Waals surface area contributed by atoms with Crippen molar-refractivity contribution in [3.63, 3.8) is 0 Å². The van der Waals surface area contributed by atoms with E-state index in [-0.39, 0.29) is 11.4 Å². The first kappa shape index (κ1) is 17.0. The Hall–Kier alpha value is -1.89. The molecule has 1 aliphatic heterocycles. The molecule has 0 bridgehead atoms. The van der Waals surface area contributed by atoms with E-state index in [1.807, 2.05) is 4.90 Å². The molecule has 2 heterocycles. The lowest BCUT2D eigenvalue weighted by molar-refractivity contribution is 0.0690. The number of morpholine rings is 1. The number of anilines is 1. The number of nitrogens with zero attached hydrogens (tertiary/aromatic N) is 3. The third kappa shape index (κ3) is 4.35. The molecule has 2 fully saturated rings. The highest BCUT2D eigenvalue weighted by Crippen LogP contribution is 2.27. The van der Waals surface area contributed by atoms with Gasteiger partial charge in [-0.2, -0.15) is 4.98 Å². The maximum absolute atomic E-state index is 11.4. The minimum atomic E-state index is -1.06. The zero-order valence-electron chi connectivity index (χ0n) is 13.9. The van der Waals surface area contributed by atoms with Crippen LogP contribution < -0.4 is 9.64 Å². The van der Waals surface area contributed by atoms with E-state index in [1.54, 1.807) is 0 Å². The average Bonchev–Trinajstić information content (AvgIpc) is 2.63. The summed E-state index contributed by atoms with van der Waals surface area (Å²) >= 11 is 0. The van der Waals surface area contributed by atoms with Crippen LogP contribution in [0.25, 0.3) is 0 Å². The summed E-state index contributed by atoms with van der Waals surface area (Å²) in [6, 6.07) is 0. The summed E-state index contributed by atoms with van der Waals surface area (Å²) in [5.41, 5.74) is 0.0238. The van der Waals surface area contributed by atoms with E-state index < -0.39 is 5.97 Å². The van der Waals surface area contributed by atoms with Gasteiger partial charge < -0.3 is 19.5 Å². The summed E-state index contributed by atoms with van der Waals surface area (Å²) in [7, 11) is 0. The summed E-state index contributed by atoms with van der Waals surface area (Å²) in [4.78, 5) is 21.9. The second-order valence-electron chi connectivity index (χ2n) is 6.43. The fraction of sp³-hybridized carbons (Fsp3) is 0.706. The molecule has 1 saturated carbocycles. The number of hydrogen-bond donors (Lipinski definition) is 1. The van der Waals surface area contributed by atoms with E-state index in [4.69, 9.17) is 9.47 Å². The van der Waals surface area contributed by atoms with Crippen molar-refractivity contribution in [2.45, 2.75) is 38.5 Å². The van der Waals surface area contributed by atoms with Gasteiger partial charge in [-0.3, -0.25) is 0 Å². The van der Waals surface area contributed by atoms with Crippen molar-refractivity contribution < 1.29 is 19.4 Å². The van der Waals surface area contributed by atoms with E-state index in [9.17, 15) is 9.90 Å². The molecule has 1 aromatic rings. The zero-order chi connectivity index (χ0) is 16.8. The van der Waals surface area contributed by atoms with Gasteiger partial charge in [0, 0.05) is 13.1 Å². The standard InChI is InChI=1S/C17H25N3O4/c21-16(22)14-12-18-17(20-7-10-23-11-8-20)19-15(14)24-9-6-13-4-2-1-3-5-13/h12-13H,1-11H2,(H,21,22). The molecule has 1 N–H and O–H groups in total. The molecule has 0 amide bonds. The molecule has 0 unspecified atom stereocenters. The monoisotopic (exact) mass is 335 g/mol. The van der Waals surface area contributed by atoms with Crippen molar-refractivity contribution in [3.8, 4) is 5.88 Å². The number of hydrogen-bond acceptors (Lipinski definition) is 6. The Bertz CT molecular complexity index is 555. The lowest BCUT2D eigenvalue weighted by atomic mass is 9.87. The average molecular weight is 335 g/mol. The summed E-state index contributed by atoms with van der Waals surface area (Å²) < 4.78 is 11.1. The third-order valence-corrected chi connectivity index (χ3v) is 4.76. The molecule has 3 rings (SSSR count). The molecule has 1 saturated heterocycles. The molecule has 0 radical (unpaired) electrons. The molecule has 132 valence electrons. The Morgan fingerprint density at radius 3 is 2.75 bits per heavy atom. The summed E-state index contributed by atoms with van der Waals surface area (Å²) in [5, 5.41) is 9.32. The molecule has 1 aliphatic carbocycles. The number of carboxylic acids is 1. The minimum absolute atomic E-state index is 0.0238. The van der Waals surface area contributed by atoms with Crippen molar-refractivity contribution >= 4 is 11.9 Å². The van der Waals surface area contributed by atoms with Crippen molar-refractivity contribution in [3.05, 3.63) is 11.8 Å². The highest BCUT2D eigenvalue weighted by Gasteiger charge is 2.20. The van der Waals surface area contributed by atoms with Gasteiger partial charge in [-0.25, -0.2) is 9.78 Å². The minimum Gasteiger partial charge on any atom is -0.477 e. The highest BCUT2D eigenvalue weighted by molar-refractivity contribution is 5.89. The van der Waals surface area contributed by atoms with E-state index in [0.717, 1.165) is 6.42 Å². The molecular weight excluding hydrogens is 310 g/mol. The van der Waals surface area contributed by atoms with E-state index in [0.29, 0.717) is 44.8 Å². The van der Waals surface area contributed by atoms with Crippen molar-refractivity contribution in [1.82, 2.24) is 9.97 Å². The number of aromatic nitrogens is 2. The Morgan fingerprint density at radius 1 is 1.29 bits per heavy atom. The maximum atomic E-state index is 11.4. The van der Waals surface area contributed by atoms with Crippen molar-refractivity contribution in [2.75, 3.05) is 37.8 Å². The largest absolute Gasteiger partial charge is 0.477 e. The zero-order valence-corrected chi connectivity index (χ0v) is 13.9. The normalized spacial score (nSPS) is 19.2. The number of carboxylic acid groups (broad SMARTS) is 1. The molecule has 24 heavy (non-hydrogen) atoms. The third-order valence-electron chi connectivity index (χ3n) is 4.76. The van der Waals surface area contributed by atoms with Gasteiger partial charge in [-0.15, -0.1) is 0 Å². The summed E-state index contributed by atoms with van der Waals surface area (Å²) in [5.74, 6) is 0.314. The number of aromatic carboxylic acids is 1. The van der Waals surface area contributed by atoms with Crippen LogP contribution in [-0.2, 0) is 4.74 Å². The Balaban J connectivity index is 1.65. The molecule has 0 atom stereocenters. The maximum Gasteiger partial charge on any atom is 0.342 e. The van der Waals surface area contributed by atoms with E-state index >= 15 is 0 Å². The van der Waals surface area contributed by atoms with Crippen LogP contribution in [0.4, 0.5) is 5.95 Å². The van der Waals surface area contributed by atoms with Crippen LogP contribution in [0.2, 0.25) is 0 Å². The quantitative estimate of drug-likeness (QED) is 0.854. The van der Waals surface area contributed by atoms with E-state index in [1.165, 1.54) is 38.3 Å². The van der Waals surface area contributed by atoms with Crippen LogP contribution in [-0.4, -0.2) is 54.0 Å². The van der Waals surface area contributed by atoms with Gasteiger partial charge in [0.25, 0.3) is 0 Å². The Labute approximate surface area is 142 Å². The molecule has 7 nitrogen and oxygen atoms in total. The highest BCUT2D eigenvalue weighted by atomic mass is 16.5. The second kappa shape index (κ2) is 8.28. The fourth-order valence-electron chi connectivity index (χ4n) is 3.33. The predicted molar refractivity (Wildman–Crippen MR) is 88.7 cm³/mol.